The van der Waals surface area contributed by atoms with Gasteiger partial charge in [0, 0.05) is 10.0 Å². The second-order valence-electron chi connectivity index (χ2n) is 10.9. The molecule has 1 aliphatic carbocycles. The van der Waals surface area contributed by atoms with Crippen molar-refractivity contribution in [1.29, 1.82) is 0 Å². The highest BCUT2D eigenvalue weighted by molar-refractivity contribution is 6.34. The molecule has 7 heteroatoms. The second kappa shape index (κ2) is 9.76. The van der Waals surface area contributed by atoms with E-state index in [2.05, 4.69) is 33.0 Å². The molecule has 1 spiro atoms. The van der Waals surface area contributed by atoms with E-state index in [0.717, 1.165) is 36.8 Å². The molecule has 5 nitrogen and oxygen atoms in total. The zero-order valence-electron chi connectivity index (χ0n) is 21.0. The van der Waals surface area contributed by atoms with Crippen LogP contribution in [-0.4, -0.2) is 29.5 Å². The fourth-order valence-corrected chi connectivity index (χ4v) is 6.33. The van der Waals surface area contributed by atoms with Gasteiger partial charge in [-0.15, -0.1) is 0 Å². The van der Waals surface area contributed by atoms with E-state index < -0.39 is 11.7 Å². The Morgan fingerprint density at radius 3 is 2.17 bits per heavy atom. The summed E-state index contributed by atoms with van der Waals surface area (Å²) in [6, 6.07) is 11.9. The molecule has 1 saturated carbocycles. The van der Waals surface area contributed by atoms with Crippen LogP contribution in [0.5, 0.6) is 0 Å². The molecule has 2 aliphatic rings. The number of esters is 1. The molecular weight excluding hydrogens is 483 g/mol. The van der Waals surface area contributed by atoms with Gasteiger partial charge in [-0.1, -0.05) is 56.1 Å². The molecule has 1 aliphatic heterocycles. The normalized spacial score (nSPS) is 25.7. The zero-order chi connectivity index (χ0) is 25.5. The minimum absolute atomic E-state index is 0.0158. The van der Waals surface area contributed by atoms with Gasteiger partial charge in [0.1, 0.15) is 6.04 Å². The Balaban J connectivity index is 1.70. The smallest absolute Gasteiger partial charge is 0.337 e. The summed E-state index contributed by atoms with van der Waals surface area (Å²) in [7, 11) is 1.37. The lowest BCUT2D eigenvalue weighted by Crippen LogP contribution is -2.55. The van der Waals surface area contributed by atoms with Crippen molar-refractivity contribution in [3.63, 3.8) is 0 Å². The first-order valence-electron chi connectivity index (χ1n) is 12.2. The number of hydrogen-bond acceptors (Lipinski definition) is 4. The van der Waals surface area contributed by atoms with E-state index in [9.17, 15) is 9.59 Å². The van der Waals surface area contributed by atoms with E-state index in [0.29, 0.717) is 21.5 Å². The predicted molar refractivity (Wildman–Crippen MR) is 140 cm³/mol. The lowest BCUT2D eigenvalue weighted by Gasteiger charge is -2.48. The standard InChI is InChI=1S/C28H34Cl2N2O3/c1-17(18-6-8-19(9-7-18)26(34)35-5)32-25(33)24(20-14-22(29)16-23(30)15-20)31-28(32)12-10-21(11-13-28)27(2,3)4/h6-9,14-17,21,24,31H,10-13H2,1-5H3. The summed E-state index contributed by atoms with van der Waals surface area (Å²) >= 11 is 12.6. The predicted octanol–water partition coefficient (Wildman–Crippen LogP) is 6.95. The fraction of sp³-hybridized carbons (Fsp3) is 0.500. The van der Waals surface area contributed by atoms with Crippen molar-refractivity contribution in [1.82, 2.24) is 10.2 Å². The Labute approximate surface area is 218 Å². The van der Waals surface area contributed by atoms with Gasteiger partial charge >= 0.3 is 5.97 Å². The van der Waals surface area contributed by atoms with Gasteiger partial charge in [0.15, 0.2) is 0 Å². The molecule has 0 bridgehead atoms. The van der Waals surface area contributed by atoms with Crippen molar-refractivity contribution in [3.05, 3.63) is 69.2 Å². The first-order valence-corrected chi connectivity index (χ1v) is 13.0. The lowest BCUT2D eigenvalue weighted by atomic mass is 9.69. The van der Waals surface area contributed by atoms with Crippen LogP contribution in [0.3, 0.4) is 0 Å². The van der Waals surface area contributed by atoms with Crippen LogP contribution >= 0.6 is 23.2 Å². The van der Waals surface area contributed by atoms with Gasteiger partial charge in [-0.2, -0.15) is 0 Å². The van der Waals surface area contributed by atoms with Crippen molar-refractivity contribution in [2.75, 3.05) is 7.11 Å². The van der Waals surface area contributed by atoms with Gasteiger partial charge in [-0.3, -0.25) is 10.1 Å². The number of rotatable bonds is 4. The Bertz CT molecular complexity index is 1080. The molecule has 2 aromatic carbocycles. The topological polar surface area (TPSA) is 58.6 Å². The third-order valence-electron chi connectivity index (χ3n) is 7.82. The molecule has 0 radical (unpaired) electrons. The van der Waals surface area contributed by atoms with Crippen LogP contribution < -0.4 is 5.32 Å². The summed E-state index contributed by atoms with van der Waals surface area (Å²) in [5, 5.41) is 4.75. The van der Waals surface area contributed by atoms with Crippen molar-refractivity contribution in [2.24, 2.45) is 11.3 Å². The second-order valence-corrected chi connectivity index (χ2v) is 11.8. The number of hydrogen-bond donors (Lipinski definition) is 1. The van der Waals surface area contributed by atoms with Gasteiger partial charge in [0.2, 0.25) is 5.91 Å². The largest absolute Gasteiger partial charge is 0.465 e. The van der Waals surface area contributed by atoms with Crippen molar-refractivity contribution < 1.29 is 14.3 Å². The minimum atomic E-state index is -0.519. The summed E-state index contributed by atoms with van der Waals surface area (Å²) in [6.45, 7) is 8.94. The van der Waals surface area contributed by atoms with E-state index >= 15 is 0 Å². The third kappa shape index (κ3) is 5.09. The van der Waals surface area contributed by atoms with Crippen LogP contribution in [0.1, 0.15) is 86.9 Å². The van der Waals surface area contributed by atoms with Crippen molar-refractivity contribution in [3.8, 4) is 0 Å². The number of nitrogens with zero attached hydrogens (tertiary/aromatic N) is 1. The number of carbonyl (C=O) groups excluding carboxylic acids is 2. The van der Waals surface area contributed by atoms with Gasteiger partial charge in [0.05, 0.1) is 24.4 Å². The van der Waals surface area contributed by atoms with Gasteiger partial charge < -0.3 is 9.64 Å². The number of carbonyl (C=O) groups is 2. The Morgan fingerprint density at radius 1 is 1.09 bits per heavy atom. The van der Waals surface area contributed by atoms with E-state index in [1.807, 2.05) is 29.2 Å². The molecule has 1 amide bonds. The number of nitrogens with one attached hydrogen (secondary N) is 1. The van der Waals surface area contributed by atoms with E-state index in [1.54, 1.807) is 18.2 Å². The molecule has 1 heterocycles. The summed E-state index contributed by atoms with van der Waals surface area (Å²) in [5.41, 5.74) is 2.00. The molecule has 188 valence electrons. The highest BCUT2D eigenvalue weighted by Gasteiger charge is 2.54. The minimum Gasteiger partial charge on any atom is -0.465 e. The molecule has 4 rings (SSSR count). The molecule has 1 N–H and O–H groups in total. The molecule has 0 aromatic heterocycles. The summed E-state index contributed by atoms with van der Waals surface area (Å²) < 4.78 is 4.83. The van der Waals surface area contributed by atoms with Crippen LogP contribution in [-0.2, 0) is 9.53 Å². The van der Waals surface area contributed by atoms with Crippen LogP contribution in [0.25, 0.3) is 0 Å². The highest BCUT2D eigenvalue weighted by Crippen LogP contribution is 2.49. The first kappa shape index (κ1) is 26.0. The molecule has 35 heavy (non-hydrogen) atoms. The van der Waals surface area contributed by atoms with Crippen LogP contribution in [0.2, 0.25) is 10.0 Å². The Morgan fingerprint density at radius 2 is 1.66 bits per heavy atom. The van der Waals surface area contributed by atoms with E-state index in [1.165, 1.54) is 7.11 Å². The Hall–Kier alpha value is -2.08. The third-order valence-corrected chi connectivity index (χ3v) is 8.25. The van der Waals surface area contributed by atoms with Crippen molar-refractivity contribution >= 4 is 35.1 Å². The molecule has 2 atom stereocenters. The molecule has 2 unspecified atom stereocenters. The fourth-order valence-electron chi connectivity index (χ4n) is 5.79. The summed E-state index contributed by atoms with van der Waals surface area (Å²) in [4.78, 5) is 27.9. The SMILES string of the molecule is COC(=O)c1ccc(C(C)N2C(=O)C(c3cc(Cl)cc(Cl)c3)NC23CCC(C(C)(C)C)CC3)cc1. The molecule has 1 saturated heterocycles. The number of benzene rings is 2. The van der Waals surface area contributed by atoms with E-state index in [-0.39, 0.29) is 23.3 Å². The maximum absolute atomic E-state index is 14.0. The Kier molecular flexibility index (Phi) is 7.25. The zero-order valence-corrected chi connectivity index (χ0v) is 22.5. The number of ether oxygens (including phenoxy) is 1. The number of halogens is 2. The van der Waals surface area contributed by atoms with Gasteiger partial charge in [-0.25, -0.2) is 4.79 Å². The molecule has 2 aromatic rings. The maximum atomic E-state index is 14.0. The van der Waals surface area contributed by atoms with Gasteiger partial charge in [-0.05, 0) is 85.4 Å². The maximum Gasteiger partial charge on any atom is 0.337 e. The average molecular weight is 517 g/mol. The summed E-state index contributed by atoms with van der Waals surface area (Å²) in [6.07, 6.45) is 3.82. The number of amides is 1. The lowest BCUT2D eigenvalue weighted by molar-refractivity contribution is -0.136. The summed E-state index contributed by atoms with van der Waals surface area (Å²) in [5.74, 6) is 0.237. The highest BCUT2D eigenvalue weighted by atomic mass is 35.5. The first-order chi connectivity index (χ1) is 16.4. The molecular formula is C28H34Cl2N2O3. The van der Waals surface area contributed by atoms with Crippen LogP contribution in [0, 0.1) is 11.3 Å². The average Bonchev–Trinajstić information content (AvgIpc) is 3.08. The van der Waals surface area contributed by atoms with Crippen LogP contribution in [0.15, 0.2) is 42.5 Å². The van der Waals surface area contributed by atoms with Gasteiger partial charge in [0.25, 0.3) is 0 Å². The van der Waals surface area contributed by atoms with Crippen LogP contribution in [0.4, 0.5) is 0 Å². The number of methoxy groups -OCH3 is 1. The van der Waals surface area contributed by atoms with Crippen molar-refractivity contribution in [2.45, 2.75) is 71.1 Å². The quantitative estimate of drug-likeness (QED) is 0.446. The molecule has 2 fully saturated rings. The monoisotopic (exact) mass is 516 g/mol. The van der Waals surface area contributed by atoms with E-state index in [4.69, 9.17) is 27.9 Å².